The van der Waals surface area contributed by atoms with E-state index in [1.165, 1.54) is 12.1 Å². The molecule has 1 aliphatic rings. The van der Waals surface area contributed by atoms with Crippen molar-refractivity contribution in [1.29, 1.82) is 0 Å². The van der Waals surface area contributed by atoms with Crippen molar-refractivity contribution in [2.24, 2.45) is 0 Å². The van der Waals surface area contributed by atoms with Crippen molar-refractivity contribution in [1.82, 2.24) is 24.6 Å². The van der Waals surface area contributed by atoms with Gasteiger partial charge in [0, 0.05) is 42.7 Å². The molecule has 4 heterocycles. The molecule has 7 nitrogen and oxygen atoms in total. The van der Waals surface area contributed by atoms with E-state index in [0.717, 1.165) is 48.4 Å². The predicted octanol–water partition coefficient (Wildman–Crippen LogP) is 4.37. The standard InChI is InChI=1S/C22H21ClFN7/c1-14-10-18(17-3-2-15(24)11-19(17)23)21-28-22(29-31(21)12-14)27-16-5-8-30(9-6-16)20-4-7-25-13-26-20/h2-4,7,10-13,16H,5-6,8-9H2,1H3,(H,27,29). The first-order valence-corrected chi connectivity index (χ1v) is 10.5. The second kappa shape index (κ2) is 8.11. The van der Waals surface area contributed by atoms with E-state index in [1.54, 1.807) is 23.1 Å². The number of hydrogen-bond donors (Lipinski definition) is 1. The Morgan fingerprint density at radius 3 is 2.71 bits per heavy atom. The van der Waals surface area contributed by atoms with Crippen molar-refractivity contribution >= 4 is 29.0 Å². The van der Waals surface area contributed by atoms with E-state index in [0.29, 0.717) is 16.6 Å². The molecule has 0 bridgehead atoms. The number of anilines is 2. The summed E-state index contributed by atoms with van der Waals surface area (Å²) in [4.78, 5) is 15.3. The van der Waals surface area contributed by atoms with Crippen molar-refractivity contribution < 1.29 is 4.39 Å². The lowest BCUT2D eigenvalue weighted by Gasteiger charge is -2.32. The Morgan fingerprint density at radius 1 is 1.13 bits per heavy atom. The topological polar surface area (TPSA) is 71.2 Å². The molecule has 1 fully saturated rings. The second-order valence-corrected chi connectivity index (χ2v) is 8.14. The van der Waals surface area contributed by atoms with Gasteiger partial charge in [-0.25, -0.2) is 18.9 Å². The van der Waals surface area contributed by atoms with E-state index in [4.69, 9.17) is 16.6 Å². The van der Waals surface area contributed by atoms with Crippen molar-refractivity contribution in [3.63, 3.8) is 0 Å². The van der Waals surface area contributed by atoms with Crippen molar-refractivity contribution in [2.75, 3.05) is 23.3 Å². The quantitative estimate of drug-likeness (QED) is 0.511. The van der Waals surface area contributed by atoms with Crippen LogP contribution in [-0.2, 0) is 0 Å². The third-order valence-corrected chi connectivity index (χ3v) is 5.82. The van der Waals surface area contributed by atoms with Crippen LogP contribution in [0.25, 0.3) is 16.8 Å². The number of fused-ring (bicyclic) bond motifs is 1. The molecule has 0 atom stereocenters. The maximum absolute atomic E-state index is 13.5. The molecule has 0 unspecified atom stereocenters. The van der Waals surface area contributed by atoms with Crippen LogP contribution in [0.2, 0.25) is 5.02 Å². The lowest BCUT2D eigenvalue weighted by atomic mass is 10.1. The van der Waals surface area contributed by atoms with Gasteiger partial charge in [-0.15, -0.1) is 5.10 Å². The molecule has 0 aliphatic carbocycles. The Labute approximate surface area is 183 Å². The van der Waals surface area contributed by atoms with Gasteiger partial charge < -0.3 is 10.2 Å². The third kappa shape index (κ3) is 4.03. The number of nitrogens with one attached hydrogen (secondary N) is 1. The zero-order valence-electron chi connectivity index (χ0n) is 17.0. The molecule has 158 valence electrons. The third-order valence-electron chi connectivity index (χ3n) is 5.51. The summed E-state index contributed by atoms with van der Waals surface area (Å²) in [5.74, 6) is 1.16. The van der Waals surface area contributed by atoms with Gasteiger partial charge in [0.1, 0.15) is 18.0 Å². The monoisotopic (exact) mass is 437 g/mol. The summed E-state index contributed by atoms with van der Waals surface area (Å²) in [6.07, 6.45) is 7.17. The van der Waals surface area contributed by atoms with E-state index in [9.17, 15) is 4.39 Å². The van der Waals surface area contributed by atoms with Gasteiger partial charge >= 0.3 is 0 Å². The highest BCUT2D eigenvalue weighted by Gasteiger charge is 2.22. The fourth-order valence-electron chi connectivity index (χ4n) is 3.99. The Kier molecular flexibility index (Phi) is 5.15. The Morgan fingerprint density at radius 2 is 1.97 bits per heavy atom. The van der Waals surface area contributed by atoms with E-state index in [-0.39, 0.29) is 11.9 Å². The minimum Gasteiger partial charge on any atom is -0.356 e. The summed E-state index contributed by atoms with van der Waals surface area (Å²) in [6, 6.07) is 8.60. The molecule has 1 saturated heterocycles. The molecule has 1 aliphatic heterocycles. The summed E-state index contributed by atoms with van der Waals surface area (Å²) >= 11 is 6.32. The maximum Gasteiger partial charge on any atom is 0.243 e. The fraction of sp³-hybridized carbons (Fsp3) is 0.273. The van der Waals surface area contributed by atoms with Crippen molar-refractivity contribution in [2.45, 2.75) is 25.8 Å². The molecule has 31 heavy (non-hydrogen) atoms. The molecule has 5 rings (SSSR count). The van der Waals surface area contributed by atoms with Crippen LogP contribution in [0.15, 0.2) is 49.1 Å². The minimum atomic E-state index is -0.366. The van der Waals surface area contributed by atoms with Crippen molar-refractivity contribution in [3.8, 4) is 11.1 Å². The smallest absolute Gasteiger partial charge is 0.243 e. The van der Waals surface area contributed by atoms with Crippen LogP contribution >= 0.6 is 11.6 Å². The van der Waals surface area contributed by atoms with Gasteiger partial charge in [-0.1, -0.05) is 11.6 Å². The summed E-state index contributed by atoms with van der Waals surface area (Å²) in [5, 5.41) is 8.44. The van der Waals surface area contributed by atoms with Crippen LogP contribution in [-0.4, -0.2) is 43.7 Å². The number of benzene rings is 1. The summed E-state index contributed by atoms with van der Waals surface area (Å²) < 4.78 is 15.3. The van der Waals surface area contributed by atoms with E-state index >= 15 is 0 Å². The van der Waals surface area contributed by atoms with Crippen LogP contribution in [0.1, 0.15) is 18.4 Å². The number of nitrogens with zero attached hydrogens (tertiary/aromatic N) is 6. The largest absolute Gasteiger partial charge is 0.356 e. The highest BCUT2D eigenvalue weighted by Crippen LogP contribution is 2.32. The van der Waals surface area contributed by atoms with Crippen LogP contribution in [0.5, 0.6) is 0 Å². The average Bonchev–Trinajstić information content (AvgIpc) is 3.16. The van der Waals surface area contributed by atoms with Crippen LogP contribution in [0, 0.1) is 12.7 Å². The highest BCUT2D eigenvalue weighted by molar-refractivity contribution is 6.33. The van der Waals surface area contributed by atoms with Gasteiger partial charge in [0.05, 0.1) is 5.02 Å². The molecule has 0 radical (unpaired) electrons. The van der Waals surface area contributed by atoms with Gasteiger partial charge in [-0.3, -0.25) is 0 Å². The van der Waals surface area contributed by atoms with Crippen LogP contribution in [0.4, 0.5) is 16.2 Å². The molecule has 9 heteroatoms. The molecule has 1 N–H and O–H groups in total. The second-order valence-electron chi connectivity index (χ2n) is 7.73. The van der Waals surface area contributed by atoms with Gasteiger partial charge in [0.15, 0.2) is 5.65 Å². The lowest BCUT2D eigenvalue weighted by molar-refractivity contribution is 0.521. The van der Waals surface area contributed by atoms with Gasteiger partial charge in [0.25, 0.3) is 0 Å². The fourth-order valence-corrected chi connectivity index (χ4v) is 4.26. The van der Waals surface area contributed by atoms with Gasteiger partial charge in [-0.2, -0.15) is 4.98 Å². The summed E-state index contributed by atoms with van der Waals surface area (Å²) in [5.41, 5.74) is 3.25. The number of hydrogen-bond acceptors (Lipinski definition) is 6. The number of pyridine rings is 1. The minimum absolute atomic E-state index is 0.273. The number of halogens is 2. The lowest BCUT2D eigenvalue weighted by Crippen LogP contribution is -2.39. The zero-order chi connectivity index (χ0) is 21.4. The Bertz CT molecular complexity index is 1220. The molecule has 4 aromatic rings. The molecular weight excluding hydrogens is 417 g/mol. The first-order chi connectivity index (χ1) is 15.1. The predicted molar refractivity (Wildman–Crippen MR) is 119 cm³/mol. The first-order valence-electron chi connectivity index (χ1n) is 10.2. The van der Waals surface area contributed by atoms with E-state index < -0.39 is 0 Å². The zero-order valence-corrected chi connectivity index (χ0v) is 17.7. The SMILES string of the molecule is Cc1cc(-c2ccc(F)cc2Cl)c2nc(NC3CCN(c4ccncn4)CC3)nn2c1. The van der Waals surface area contributed by atoms with Crippen molar-refractivity contribution in [3.05, 3.63) is 65.5 Å². The number of aromatic nitrogens is 5. The molecular formula is C22H21ClFN7. The normalized spacial score (nSPS) is 14.9. The first kappa shape index (κ1) is 19.7. The summed E-state index contributed by atoms with van der Waals surface area (Å²) in [7, 11) is 0. The van der Waals surface area contributed by atoms with E-state index in [2.05, 4.69) is 25.3 Å². The van der Waals surface area contributed by atoms with Gasteiger partial charge in [0.2, 0.25) is 5.95 Å². The number of aryl methyl sites for hydroxylation is 1. The molecule has 0 amide bonds. The average molecular weight is 438 g/mol. The van der Waals surface area contributed by atoms with Crippen LogP contribution in [0.3, 0.4) is 0 Å². The van der Waals surface area contributed by atoms with Gasteiger partial charge in [-0.05, 0) is 55.7 Å². The summed E-state index contributed by atoms with van der Waals surface area (Å²) in [6.45, 7) is 3.78. The molecule has 0 spiro atoms. The maximum atomic E-state index is 13.5. The molecule has 0 saturated carbocycles. The Balaban J connectivity index is 1.37. The molecule has 3 aromatic heterocycles. The van der Waals surface area contributed by atoms with E-state index in [1.807, 2.05) is 25.3 Å². The van der Waals surface area contributed by atoms with Crippen LogP contribution < -0.4 is 10.2 Å². The molecule has 1 aromatic carbocycles. The number of piperidine rings is 1. The highest BCUT2D eigenvalue weighted by atomic mass is 35.5. The number of rotatable bonds is 4. The Hall–Kier alpha value is -3.26.